The zero-order valence-electron chi connectivity index (χ0n) is 24.1. The summed E-state index contributed by atoms with van der Waals surface area (Å²) in [7, 11) is 1.58. The Hall–Kier alpha value is -4.16. The van der Waals surface area contributed by atoms with Crippen LogP contribution in [0, 0.1) is 0 Å². The van der Waals surface area contributed by atoms with E-state index in [1.807, 2.05) is 54.6 Å². The molecule has 4 aromatic rings. The third-order valence-corrected chi connectivity index (χ3v) is 9.05. The molecule has 0 atom stereocenters. The molecule has 1 aliphatic rings. The van der Waals surface area contributed by atoms with Crippen molar-refractivity contribution in [3.63, 3.8) is 0 Å². The van der Waals surface area contributed by atoms with Gasteiger partial charge in [-0.25, -0.2) is 4.79 Å². The molecule has 2 aromatic carbocycles. The molecule has 0 aliphatic heterocycles. The summed E-state index contributed by atoms with van der Waals surface area (Å²) in [5.41, 5.74) is 3.06. The first-order valence-corrected chi connectivity index (χ1v) is 15.9. The predicted octanol–water partition coefficient (Wildman–Crippen LogP) is 4.98. The number of hydrogen-bond donors (Lipinski definition) is 2. The van der Waals surface area contributed by atoms with Crippen molar-refractivity contribution in [2.45, 2.75) is 50.7 Å². The van der Waals surface area contributed by atoms with E-state index in [0.717, 1.165) is 41.7 Å². The molecule has 0 saturated carbocycles. The number of para-hydroxylation sites is 2. The average Bonchev–Trinajstić information content (AvgIpc) is 3.60. The summed E-state index contributed by atoms with van der Waals surface area (Å²) in [4.78, 5) is 39.8. The predicted molar refractivity (Wildman–Crippen MR) is 166 cm³/mol. The Bertz CT molecular complexity index is 1600. The van der Waals surface area contributed by atoms with Gasteiger partial charge in [-0.15, -0.1) is 21.5 Å². The number of nitrogens with zero attached hydrogens (tertiary/aromatic N) is 3. The van der Waals surface area contributed by atoms with E-state index in [4.69, 9.17) is 9.47 Å². The topological polar surface area (TPSA) is 124 Å². The first kappa shape index (κ1) is 30.3. The molecule has 2 N–H and O–H groups in total. The van der Waals surface area contributed by atoms with Crippen LogP contribution in [0.2, 0.25) is 0 Å². The molecule has 5 rings (SSSR count). The third kappa shape index (κ3) is 7.26. The molecule has 0 spiro atoms. The van der Waals surface area contributed by atoms with E-state index in [1.165, 1.54) is 23.1 Å². The van der Waals surface area contributed by atoms with Crippen LogP contribution in [0.25, 0.3) is 5.69 Å². The number of esters is 1. The average molecular weight is 620 g/mol. The normalized spacial score (nSPS) is 12.3. The van der Waals surface area contributed by atoms with Crippen LogP contribution < -0.4 is 15.4 Å². The van der Waals surface area contributed by atoms with Gasteiger partial charge in [-0.3, -0.25) is 14.2 Å². The van der Waals surface area contributed by atoms with Crippen LogP contribution in [0.4, 0.5) is 5.00 Å². The number of aryl methyl sites for hydroxylation is 1. The smallest absolute Gasteiger partial charge is 0.341 e. The van der Waals surface area contributed by atoms with Crippen LogP contribution in [-0.2, 0) is 40.1 Å². The van der Waals surface area contributed by atoms with E-state index < -0.39 is 5.97 Å². The van der Waals surface area contributed by atoms with Crippen molar-refractivity contribution in [2.24, 2.45) is 0 Å². The lowest BCUT2D eigenvalue weighted by Gasteiger charge is -2.14. The van der Waals surface area contributed by atoms with Gasteiger partial charge in [-0.2, -0.15) is 0 Å². The lowest BCUT2D eigenvalue weighted by molar-refractivity contribution is -0.120. The summed E-state index contributed by atoms with van der Waals surface area (Å²) in [6.07, 6.45) is 4.01. The highest BCUT2D eigenvalue weighted by molar-refractivity contribution is 7.99. The molecule has 2 amide bonds. The van der Waals surface area contributed by atoms with Crippen LogP contribution in [0.3, 0.4) is 0 Å². The molecule has 12 heteroatoms. The molecule has 0 fully saturated rings. The number of nitrogens with one attached hydrogen (secondary N) is 2. The molecule has 0 unspecified atom stereocenters. The van der Waals surface area contributed by atoms with Gasteiger partial charge >= 0.3 is 5.97 Å². The van der Waals surface area contributed by atoms with Crippen molar-refractivity contribution in [3.8, 4) is 11.4 Å². The highest BCUT2D eigenvalue weighted by atomic mass is 32.2. The minimum absolute atomic E-state index is 0.0263. The fourth-order valence-electron chi connectivity index (χ4n) is 4.95. The summed E-state index contributed by atoms with van der Waals surface area (Å²) >= 11 is 2.66. The fraction of sp³-hybridized carbons (Fsp3) is 0.323. The second-order valence-corrected chi connectivity index (χ2v) is 11.9. The van der Waals surface area contributed by atoms with Gasteiger partial charge in [-0.05, 0) is 55.9 Å². The Kier molecular flexibility index (Phi) is 10.1. The van der Waals surface area contributed by atoms with Gasteiger partial charge in [0.05, 0.1) is 43.7 Å². The fourth-order valence-corrected chi connectivity index (χ4v) is 7.01. The molecule has 10 nitrogen and oxygen atoms in total. The lowest BCUT2D eigenvalue weighted by Crippen LogP contribution is -2.26. The number of benzene rings is 2. The van der Waals surface area contributed by atoms with E-state index in [0.29, 0.717) is 33.0 Å². The highest BCUT2D eigenvalue weighted by Crippen LogP contribution is 2.39. The number of thiophene rings is 1. The third-order valence-electron chi connectivity index (χ3n) is 6.91. The zero-order valence-corrected chi connectivity index (χ0v) is 25.7. The maximum atomic E-state index is 13.2. The molecule has 224 valence electrons. The number of carbonyl (C=O) groups is 3. The summed E-state index contributed by atoms with van der Waals surface area (Å²) in [6.45, 7) is 2.17. The van der Waals surface area contributed by atoms with E-state index in [1.54, 1.807) is 18.6 Å². The lowest BCUT2D eigenvalue weighted by atomic mass is 9.95. The summed E-state index contributed by atoms with van der Waals surface area (Å²) in [6, 6.07) is 16.9. The Labute approximate surface area is 258 Å². The molecular formula is C31H33N5O5S2. The quantitative estimate of drug-likeness (QED) is 0.168. The summed E-state index contributed by atoms with van der Waals surface area (Å²) < 4.78 is 12.7. The number of thioether (sulfide) groups is 1. The van der Waals surface area contributed by atoms with E-state index >= 15 is 0 Å². The molecule has 2 aromatic heterocycles. The molecule has 1 aliphatic carbocycles. The van der Waals surface area contributed by atoms with Gasteiger partial charge in [-0.1, -0.05) is 54.2 Å². The SMILES string of the molecule is CCOC(=O)c1c(NC(=O)CSc2nnc(CNC(=O)Cc3ccccc3)n2-c2ccccc2OC)sc2c1CCCC2. The number of aromatic nitrogens is 3. The number of carbonyl (C=O) groups excluding carboxylic acids is 3. The van der Waals surface area contributed by atoms with Crippen LogP contribution in [-0.4, -0.2) is 52.0 Å². The second-order valence-electron chi connectivity index (χ2n) is 9.82. The van der Waals surface area contributed by atoms with Crippen molar-refractivity contribution < 1.29 is 23.9 Å². The van der Waals surface area contributed by atoms with Gasteiger partial charge in [0.15, 0.2) is 11.0 Å². The zero-order chi connectivity index (χ0) is 30.2. The number of methoxy groups -OCH3 is 1. The van der Waals surface area contributed by atoms with Crippen LogP contribution in [0.1, 0.15) is 52.0 Å². The molecule has 43 heavy (non-hydrogen) atoms. The van der Waals surface area contributed by atoms with Crippen LogP contribution in [0.5, 0.6) is 5.75 Å². The van der Waals surface area contributed by atoms with E-state index in [-0.39, 0.29) is 37.1 Å². The van der Waals surface area contributed by atoms with Gasteiger partial charge in [0.25, 0.3) is 0 Å². The van der Waals surface area contributed by atoms with Crippen molar-refractivity contribution in [1.29, 1.82) is 0 Å². The second kappa shape index (κ2) is 14.3. The number of anilines is 1. The van der Waals surface area contributed by atoms with Gasteiger partial charge in [0.1, 0.15) is 10.8 Å². The number of ether oxygens (including phenoxy) is 2. The Morgan fingerprint density at radius 3 is 2.56 bits per heavy atom. The molecule has 2 heterocycles. The van der Waals surface area contributed by atoms with Crippen molar-refractivity contribution >= 4 is 45.9 Å². The Morgan fingerprint density at radius 1 is 1.00 bits per heavy atom. The van der Waals surface area contributed by atoms with Crippen molar-refractivity contribution in [2.75, 3.05) is 24.8 Å². The highest BCUT2D eigenvalue weighted by Gasteiger charge is 2.27. The monoisotopic (exact) mass is 619 g/mol. The minimum Gasteiger partial charge on any atom is -0.495 e. The maximum Gasteiger partial charge on any atom is 0.341 e. The van der Waals surface area contributed by atoms with Gasteiger partial charge in [0, 0.05) is 4.88 Å². The Balaban J connectivity index is 1.33. The van der Waals surface area contributed by atoms with Crippen molar-refractivity contribution in [1.82, 2.24) is 20.1 Å². The first-order chi connectivity index (χ1) is 21.0. The number of hydrogen-bond acceptors (Lipinski definition) is 9. The maximum absolute atomic E-state index is 13.2. The van der Waals surface area contributed by atoms with E-state index in [2.05, 4.69) is 20.8 Å². The number of amides is 2. The summed E-state index contributed by atoms with van der Waals surface area (Å²) in [5, 5.41) is 15.6. The minimum atomic E-state index is -0.403. The molecular weight excluding hydrogens is 587 g/mol. The molecule has 0 bridgehead atoms. The number of fused-ring (bicyclic) bond motifs is 1. The first-order valence-electron chi connectivity index (χ1n) is 14.1. The Morgan fingerprint density at radius 2 is 1.77 bits per heavy atom. The molecule has 0 saturated heterocycles. The van der Waals surface area contributed by atoms with Gasteiger partial charge < -0.3 is 20.1 Å². The molecule has 0 radical (unpaired) electrons. The van der Waals surface area contributed by atoms with Gasteiger partial charge in [0.2, 0.25) is 11.8 Å². The van der Waals surface area contributed by atoms with Crippen LogP contribution in [0.15, 0.2) is 59.8 Å². The number of rotatable bonds is 12. The van der Waals surface area contributed by atoms with Crippen molar-refractivity contribution in [3.05, 3.63) is 82.0 Å². The van der Waals surface area contributed by atoms with Crippen LogP contribution >= 0.6 is 23.1 Å². The standard InChI is InChI=1S/C31H33N5O5S2/c1-3-41-30(39)28-21-13-7-10-16-24(21)43-29(28)33-27(38)19-42-31-35-34-25(36(31)22-14-8-9-15-23(22)40-2)18-32-26(37)17-20-11-5-4-6-12-20/h4-6,8-9,11-12,14-15H,3,7,10,13,16-19H2,1-2H3,(H,32,37)(H,33,38). The largest absolute Gasteiger partial charge is 0.495 e. The van der Waals surface area contributed by atoms with E-state index in [9.17, 15) is 14.4 Å². The summed E-state index contributed by atoms with van der Waals surface area (Å²) in [5.74, 6) is 0.281.